The van der Waals surface area contributed by atoms with Crippen molar-refractivity contribution in [1.29, 1.82) is 0 Å². The summed E-state index contributed by atoms with van der Waals surface area (Å²) in [5.41, 5.74) is 0.728. The molecule has 0 saturated heterocycles. The Hall–Kier alpha value is -1.98. The van der Waals surface area contributed by atoms with Gasteiger partial charge in [0.2, 0.25) is 5.89 Å². The van der Waals surface area contributed by atoms with Crippen molar-refractivity contribution in [1.82, 2.24) is 4.98 Å². The van der Waals surface area contributed by atoms with E-state index in [0.29, 0.717) is 17.3 Å². The summed E-state index contributed by atoms with van der Waals surface area (Å²) >= 11 is 0. The van der Waals surface area contributed by atoms with Crippen LogP contribution in [0.25, 0.3) is 0 Å². The minimum Gasteiger partial charge on any atom is -0.444 e. The molecule has 2 rings (SSSR count). The molecule has 0 atom stereocenters. The van der Waals surface area contributed by atoms with Crippen molar-refractivity contribution in [3.8, 4) is 0 Å². The largest absolute Gasteiger partial charge is 0.444 e. The van der Waals surface area contributed by atoms with Crippen molar-refractivity contribution >= 4 is 5.69 Å². The van der Waals surface area contributed by atoms with Gasteiger partial charge >= 0.3 is 6.18 Å². The number of anilines is 1. The van der Waals surface area contributed by atoms with E-state index in [9.17, 15) is 13.2 Å². The minimum absolute atomic E-state index is 0.200. The average molecular weight is 284 g/mol. The third kappa shape index (κ3) is 3.12. The van der Waals surface area contributed by atoms with E-state index in [-0.39, 0.29) is 12.1 Å². The maximum atomic E-state index is 12.8. The van der Waals surface area contributed by atoms with E-state index in [1.54, 1.807) is 13.0 Å². The summed E-state index contributed by atoms with van der Waals surface area (Å²) in [6.07, 6.45) is -4.35. The fraction of sp³-hybridized carbons (Fsp3) is 0.357. The van der Waals surface area contributed by atoms with Gasteiger partial charge in [0.15, 0.2) is 0 Å². The molecule has 1 N–H and O–H groups in total. The highest BCUT2D eigenvalue weighted by atomic mass is 19.4. The molecule has 20 heavy (non-hydrogen) atoms. The van der Waals surface area contributed by atoms with Gasteiger partial charge in [-0.25, -0.2) is 4.98 Å². The van der Waals surface area contributed by atoms with Gasteiger partial charge in [-0.1, -0.05) is 6.07 Å². The first-order chi connectivity index (χ1) is 9.27. The van der Waals surface area contributed by atoms with Gasteiger partial charge in [0.05, 0.1) is 17.8 Å². The molecule has 2 aromatic rings. The smallest absolute Gasteiger partial charge is 0.416 e. The number of hydrogen-bond acceptors (Lipinski definition) is 3. The average Bonchev–Trinajstić information content (AvgIpc) is 2.66. The Morgan fingerprint density at radius 3 is 2.45 bits per heavy atom. The normalized spacial score (nSPS) is 11.7. The van der Waals surface area contributed by atoms with Gasteiger partial charge in [-0.2, -0.15) is 13.2 Å². The first kappa shape index (κ1) is 14.4. The number of oxazole rings is 1. The van der Waals surface area contributed by atoms with E-state index in [4.69, 9.17) is 4.42 Å². The summed E-state index contributed by atoms with van der Waals surface area (Å²) in [6.45, 7) is 5.29. The molecule has 1 aromatic heterocycles. The highest BCUT2D eigenvalue weighted by molar-refractivity contribution is 5.49. The van der Waals surface area contributed by atoms with Crippen LogP contribution >= 0.6 is 0 Å². The van der Waals surface area contributed by atoms with Crippen LogP contribution in [-0.4, -0.2) is 4.98 Å². The molecule has 0 aliphatic heterocycles. The lowest BCUT2D eigenvalue weighted by Gasteiger charge is -2.12. The lowest BCUT2D eigenvalue weighted by atomic mass is 10.1. The lowest BCUT2D eigenvalue weighted by Crippen LogP contribution is -2.09. The fourth-order valence-electron chi connectivity index (χ4n) is 1.83. The molecule has 1 heterocycles. The van der Waals surface area contributed by atoms with Gasteiger partial charge in [0, 0.05) is 5.69 Å². The molecule has 0 fully saturated rings. The van der Waals surface area contributed by atoms with E-state index < -0.39 is 11.7 Å². The topological polar surface area (TPSA) is 38.1 Å². The number of aromatic nitrogens is 1. The molecular formula is C14H15F3N2O. The number of alkyl halides is 3. The second-order valence-corrected chi connectivity index (χ2v) is 4.63. The molecule has 0 aliphatic rings. The van der Waals surface area contributed by atoms with Gasteiger partial charge < -0.3 is 9.73 Å². The first-order valence-corrected chi connectivity index (χ1v) is 6.12. The SMILES string of the molecule is Cc1ccc(NCc2nc(C)c(C)o2)cc1C(F)(F)F. The van der Waals surface area contributed by atoms with Crippen LogP contribution in [0.2, 0.25) is 0 Å². The van der Waals surface area contributed by atoms with Crippen LogP contribution in [0.1, 0.15) is 28.5 Å². The van der Waals surface area contributed by atoms with Gasteiger partial charge in [0.25, 0.3) is 0 Å². The number of nitrogens with zero attached hydrogens (tertiary/aromatic N) is 1. The molecule has 1 aromatic carbocycles. The Labute approximate surface area is 114 Å². The van der Waals surface area contributed by atoms with Crippen molar-refractivity contribution in [3.63, 3.8) is 0 Å². The zero-order chi connectivity index (χ0) is 14.9. The molecular weight excluding hydrogens is 269 g/mol. The van der Waals surface area contributed by atoms with Crippen LogP contribution in [0, 0.1) is 20.8 Å². The van der Waals surface area contributed by atoms with Gasteiger partial charge in [0.1, 0.15) is 5.76 Å². The highest BCUT2D eigenvalue weighted by Crippen LogP contribution is 2.33. The molecule has 0 saturated carbocycles. The summed E-state index contributed by atoms with van der Waals surface area (Å²) < 4.78 is 43.7. The van der Waals surface area contributed by atoms with Crippen LogP contribution in [0.5, 0.6) is 0 Å². The van der Waals surface area contributed by atoms with Gasteiger partial charge in [-0.15, -0.1) is 0 Å². The zero-order valence-electron chi connectivity index (χ0n) is 11.4. The Morgan fingerprint density at radius 1 is 1.20 bits per heavy atom. The summed E-state index contributed by atoms with van der Waals surface area (Å²) in [5.74, 6) is 1.16. The number of halogens is 3. The molecule has 0 bridgehead atoms. The molecule has 108 valence electrons. The number of aryl methyl sites for hydroxylation is 3. The van der Waals surface area contributed by atoms with Gasteiger partial charge in [-0.3, -0.25) is 0 Å². The second-order valence-electron chi connectivity index (χ2n) is 4.63. The molecule has 3 nitrogen and oxygen atoms in total. The lowest BCUT2D eigenvalue weighted by molar-refractivity contribution is -0.138. The van der Waals surface area contributed by atoms with Crippen LogP contribution in [-0.2, 0) is 12.7 Å². The molecule has 0 spiro atoms. The molecule has 0 aliphatic carbocycles. The predicted molar refractivity (Wildman–Crippen MR) is 69.5 cm³/mol. The van der Waals surface area contributed by atoms with E-state index in [1.165, 1.54) is 13.0 Å². The Bertz CT molecular complexity index is 598. The van der Waals surface area contributed by atoms with Gasteiger partial charge in [-0.05, 0) is 38.5 Å². The molecule has 0 unspecified atom stereocenters. The molecule has 6 heteroatoms. The third-order valence-electron chi connectivity index (χ3n) is 3.06. The van der Waals surface area contributed by atoms with E-state index >= 15 is 0 Å². The third-order valence-corrected chi connectivity index (χ3v) is 3.06. The maximum absolute atomic E-state index is 12.8. The van der Waals surface area contributed by atoms with Crippen LogP contribution in [0.4, 0.5) is 18.9 Å². The Balaban J connectivity index is 2.14. The van der Waals surface area contributed by atoms with Crippen LogP contribution in [0.15, 0.2) is 22.6 Å². The van der Waals surface area contributed by atoms with Crippen molar-refractivity contribution in [2.75, 3.05) is 5.32 Å². The highest BCUT2D eigenvalue weighted by Gasteiger charge is 2.32. The standard InChI is InChI=1S/C14H15F3N2O/c1-8-4-5-11(6-12(8)14(15,16)17)18-7-13-19-9(2)10(3)20-13/h4-6,18H,7H2,1-3H3. The van der Waals surface area contributed by atoms with Crippen molar-refractivity contribution in [3.05, 3.63) is 46.7 Å². The Morgan fingerprint density at radius 2 is 1.90 bits per heavy atom. The minimum atomic E-state index is -4.35. The van der Waals surface area contributed by atoms with E-state index in [2.05, 4.69) is 10.3 Å². The molecule has 0 amide bonds. The monoisotopic (exact) mass is 284 g/mol. The summed E-state index contributed by atoms with van der Waals surface area (Å²) in [7, 11) is 0. The number of hydrogen-bond donors (Lipinski definition) is 1. The summed E-state index contributed by atoms with van der Waals surface area (Å²) in [5, 5.41) is 2.88. The predicted octanol–water partition coefficient (Wildman–Crippen LogP) is 4.23. The van der Waals surface area contributed by atoms with Crippen LogP contribution in [0.3, 0.4) is 0 Å². The summed E-state index contributed by atoms with van der Waals surface area (Å²) in [6, 6.07) is 4.14. The van der Waals surface area contributed by atoms with E-state index in [1.807, 2.05) is 6.92 Å². The second kappa shape index (κ2) is 5.19. The maximum Gasteiger partial charge on any atom is 0.416 e. The first-order valence-electron chi connectivity index (χ1n) is 6.12. The van der Waals surface area contributed by atoms with Crippen molar-refractivity contribution < 1.29 is 17.6 Å². The number of rotatable bonds is 3. The summed E-state index contributed by atoms with van der Waals surface area (Å²) in [4.78, 5) is 4.16. The van der Waals surface area contributed by atoms with Crippen molar-refractivity contribution in [2.45, 2.75) is 33.5 Å². The molecule has 0 radical (unpaired) electrons. The number of nitrogens with one attached hydrogen (secondary N) is 1. The number of benzene rings is 1. The quantitative estimate of drug-likeness (QED) is 0.916. The fourth-order valence-corrected chi connectivity index (χ4v) is 1.83. The zero-order valence-corrected chi connectivity index (χ0v) is 11.4. The van der Waals surface area contributed by atoms with Crippen molar-refractivity contribution in [2.24, 2.45) is 0 Å². The van der Waals surface area contributed by atoms with Crippen LogP contribution < -0.4 is 5.32 Å². The Kier molecular flexibility index (Phi) is 3.74. The van der Waals surface area contributed by atoms with E-state index in [0.717, 1.165) is 11.8 Å².